The van der Waals surface area contributed by atoms with Gasteiger partial charge in [0.15, 0.2) is 5.76 Å². The average molecular weight is 290 g/mol. The number of rotatable bonds is 4. The van der Waals surface area contributed by atoms with Crippen LogP contribution in [0, 0.1) is 6.92 Å². The molecule has 2 atom stereocenters. The van der Waals surface area contributed by atoms with Crippen LogP contribution in [0.25, 0.3) is 0 Å². The summed E-state index contributed by atoms with van der Waals surface area (Å²) in [5.41, 5.74) is 0.839. The minimum atomic E-state index is -0.135. The van der Waals surface area contributed by atoms with E-state index in [0.717, 1.165) is 17.8 Å². The Morgan fingerprint density at radius 1 is 1.57 bits per heavy atom. The number of aromatic nitrogens is 3. The first-order valence-electron chi connectivity index (χ1n) is 6.93. The molecule has 0 aromatic carbocycles. The Hall–Kier alpha value is -2.15. The summed E-state index contributed by atoms with van der Waals surface area (Å²) in [6.07, 6.45) is 3.81. The van der Waals surface area contributed by atoms with Crippen molar-refractivity contribution < 1.29 is 13.9 Å². The summed E-state index contributed by atoms with van der Waals surface area (Å²) in [6.45, 7) is 3.01. The van der Waals surface area contributed by atoms with Crippen LogP contribution in [-0.4, -0.2) is 52.3 Å². The lowest BCUT2D eigenvalue weighted by Crippen LogP contribution is -2.36. The zero-order chi connectivity index (χ0) is 14.8. The number of H-pyrrole nitrogens is 1. The molecule has 0 spiro atoms. The molecule has 1 amide bonds. The normalized spacial score (nSPS) is 21.6. The molecule has 2 aromatic heterocycles. The molecule has 3 heterocycles. The lowest BCUT2D eigenvalue weighted by atomic mass is 10.0. The quantitative estimate of drug-likeness (QED) is 0.918. The summed E-state index contributed by atoms with van der Waals surface area (Å²) in [5.74, 6) is 1.20. The molecule has 0 saturated carbocycles. The second kappa shape index (κ2) is 5.69. The molecule has 0 radical (unpaired) electrons. The number of hydrogen-bond acceptors (Lipinski definition) is 5. The molecule has 0 aliphatic carbocycles. The molecular formula is C14H18N4O3. The van der Waals surface area contributed by atoms with Crippen LogP contribution in [0.1, 0.15) is 34.3 Å². The number of nitrogens with one attached hydrogen (secondary N) is 1. The molecule has 0 bridgehead atoms. The third-order valence-electron chi connectivity index (χ3n) is 3.85. The number of ether oxygens (including phenoxy) is 1. The Morgan fingerprint density at radius 2 is 2.43 bits per heavy atom. The Bertz CT molecular complexity index is 608. The highest BCUT2D eigenvalue weighted by Crippen LogP contribution is 2.29. The number of aromatic amines is 1. The van der Waals surface area contributed by atoms with Crippen molar-refractivity contribution in [2.45, 2.75) is 25.4 Å². The van der Waals surface area contributed by atoms with E-state index in [1.54, 1.807) is 18.0 Å². The first kappa shape index (κ1) is 13.8. The predicted octanol–water partition coefficient (Wildman–Crippen LogP) is 1.35. The maximum absolute atomic E-state index is 12.3. The van der Waals surface area contributed by atoms with Crippen molar-refractivity contribution in [2.24, 2.45) is 0 Å². The van der Waals surface area contributed by atoms with Gasteiger partial charge in [0, 0.05) is 31.7 Å². The van der Waals surface area contributed by atoms with Crippen LogP contribution < -0.4 is 0 Å². The van der Waals surface area contributed by atoms with E-state index in [4.69, 9.17) is 9.15 Å². The average Bonchev–Trinajstić information content (AvgIpc) is 3.17. The van der Waals surface area contributed by atoms with E-state index in [1.807, 2.05) is 6.92 Å². The van der Waals surface area contributed by atoms with Crippen LogP contribution >= 0.6 is 0 Å². The summed E-state index contributed by atoms with van der Waals surface area (Å²) in [4.78, 5) is 18.2. The second-order valence-electron chi connectivity index (χ2n) is 5.29. The SMILES string of the molecule is Cc1ccoc1C(=O)N(C)C[C@H]1OCC[C@H]1c1ncn[nH]1. The van der Waals surface area contributed by atoms with Gasteiger partial charge < -0.3 is 14.1 Å². The molecule has 7 heteroatoms. The highest BCUT2D eigenvalue weighted by molar-refractivity contribution is 5.92. The van der Waals surface area contributed by atoms with Crippen molar-refractivity contribution in [3.63, 3.8) is 0 Å². The Balaban J connectivity index is 1.68. The smallest absolute Gasteiger partial charge is 0.289 e. The third-order valence-corrected chi connectivity index (χ3v) is 3.85. The van der Waals surface area contributed by atoms with Gasteiger partial charge in [0.25, 0.3) is 5.91 Å². The topological polar surface area (TPSA) is 84.2 Å². The third kappa shape index (κ3) is 2.69. The summed E-state index contributed by atoms with van der Waals surface area (Å²) >= 11 is 0. The van der Waals surface area contributed by atoms with E-state index >= 15 is 0 Å². The molecule has 21 heavy (non-hydrogen) atoms. The molecule has 0 unspecified atom stereocenters. The van der Waals surface area contributed by atoms with Crippen molar-refractivity contribution in [3.8, 4) is 0 Å². The van der Waals surface area contributed by atoms with Crippen molar-refractivity contribution in [1.29, 1.82) is 0 Å². The van der Waals surface area contributed by atoms with E-state index in [1.165, 1.54) is 12.6 Å². The number of aryl methyl sites for hydroxylation is 1. The zero-order valence-electron chi connectivity index (χ0n) is 12.1. The highest BCUT2D eigenvalue weighted by atomic mass is 16.5. The van der Waals surface area contributed by atoms with Gasteiger partial charge in [-0.2, -0.15) is 5.10 Å². The van der Waals surface area contributed by atoms with Crippen LogP contribution in [-0.2, 0) is 4.74 Å². The Labute approximate surface area is 122 Å². The summed E-state index contributed by atoms with van der Waals surface area (Å²) in [5, 5.41) is 6.77. The minimum Gasteiger partial charge on any atom is -0.459 e. The van der Waals surface area contributed by atoms with Gasteiger partial charge in [0.1, 0.15) is 12.2 Å². The molecule has 1 fully saturated rings. The van der Waals surface area contributed by atoms with E-state index in [0.29, 0.717) is 18.9 Å². The molecule has 1 aliphatic rings. The lowest BCUT2D eigenvalue weighted by Gasteiger charge is -2.23. The fraction of sp³-hybridized carbons (Fsp3) is 0.500. The van der Waals surface area contributed by atoms with Gasteiger partial charge in [0.2, 0.25) is 0 Å². The first-order chi connectivity index (χ1) is 10.2. The fourth-order valence-electron chi connectivity index (χ4n) is 2.65. The van der Waals surface area contributed by atoms with E-state index in [9.17, 15) is 4.79 Å². The number of nitrogens with zero attached hydrogens (tertiary/aromatic N) is 3. The van der Waals surface area contributed by atoms with Gasteiger partial charge in [0.05, 0.1) is 12.4 Å². The van der Waals surface area contributed by atoms with E-state index < -0.39 is 0 Å². The van der Waals surface area contributed by atoms with Gasteiger partial charge in [-0.25, -0.2) is 4.98 Å². The van der Waals surface area contributed by atoms with Crippen LogP contribution in [0.3, 0.4) is 0 Å². The number of amides is 1. The van der Waals surface area contributed by atoms with Crippen LogP contribution in [0.5, 0.6) is 0 Å². The van der Waals surface area contributed by atoms with Crippen LogP contribution in [0.15, 0.2) is 23.1 Å². The predicted molar refractivity (Wildman–Crippen MR) is 73.9 cm³/mol. The zero-order valence-corrected chi connectivity index (χ0v) is 12.1. The summed E-state index contributed by atoms with van der Waals surface area (Å²) in [6, 6.07) is 1.78. The Morgan fingerprint density at radius 3 is 3.10 bits per heavy atom. The number of carbonyl (C=O) groups excluding carboxylic acids is 1. The Kier molecular flexibility index (Phi) is 3.74. The molecule has 3 rings (SSSR count). The molecule has 1 aliphatic heterocycles. The molecule has 7 nitrogen and oxygen atoms in total. The fourth-order valence-corrected chi connectivity index (χ4v) is 2.65. The highest BCUT2D eigenvalue weighted by Gasteiger charge is 2.34. The maximum atomic E-state index is 12.3. The van der Waals surface area contributed by atoms with Gasteiger partial charge in [-0.3, -0.25) is 9.89 Å². The number of carbonyl (C=O) groups is 1. The number of hydrogen-bond donors (Lipinski definition) is 1. The van der Waals surface area contributed by atoms with Crippen molar-refractivity contribution in [3.05, 3.63) is 35.8 Å². The minimum absolute atomic E-state index is 0.0813. The lowest BCUT2D eigenvalue weighted by molar-refractivity contribution is 0.0528. The van der Waals surface area contributed by atoms with Gasteiger partial charge in [-0.15, -0.1) is 0 Å². The largest absolute Gasteiger partial charge is 0.459 e. The van der Waals surface area contributed by atoms with Crippen molar-refractivity contribution in [1.82, 2.24) is 20.1 Å². The van der Waals surface area contributed by atoms with Crippen molar-refractivity contribution >= 4 is 5.91 Å². The summed E-state index contributed by atoms with van der Waals surface area (Å²) < 4.78 is 11.0. The molecule has 1 saturated heterocycles. The van der Waals surface area contributed by atoms with E-state index in [-0.39, 0.29) is 17.9 Å². The second-order valence-corrected chi connectivity index (χ2v) is 5.29. The molecule has 1 N–H and O–H groups in total. The summed E-state index contributed by atoms with van der Waals surface area (Å²) in [7, 11) is 1.75. The van der Waals surface area contributed by atoms with Crippen LogP contribution in [0.2, 0.25) is 0 Å². The van der Waals surface area contributed by atoms with Gasteiger partial charge >= 0.3 is 0 Å². The van der Waals surface area contributed by atoms with Gasteiger partial charge in [-0.1, -0.05) is 0 Å². The standard InChI is InChI=1S/C14H18N4O3/c1-9-3-5-21-12(9)14(19)18(2)7-11-10(4-6-20-11)13-15-8-16-17-13/h3,5,8,10-11H,4,6-7H2,1-2H3,(H,15,16,17)/t10-,11-/m1/s1. The maximum Gasteiger partial charge on any atom is 0.289 e. The molecule has 2 aromatic rings. The number of likely N-dealkylation sites (N-methyl/N-ethyl adjacent to an activating group) is 1. The van der Waals surface area contributed by atoms with E-state index in [2.05, 4.69) is 15.2 Å². The molecule has 112 valence electrons. The van der Waals surface area contributed by atoms with Crippen molar-refractivity contribution in [2.75, 3.05) is 20.2 Å². The first-order valence-corrected chi connectivity index (χ1v) is 6.93. The molecular weight excluding hydrogens is 272 g/mol. The van der Waals surface area contributed by atoms with Crippen LogP contribution in [0.4, 0.5) is 0 Å². The van der Waals surface area contributed by atoms with Gasteiger partial charge in [-0.05, 0) is 19.4 Å². The monoisotopic (exact) mass is 290 g/mol. The number of furan rings is 1.